The Bertz CT molecular complexity index is 574. The van der Waals surface area contributed by atoms with Crippen molar-refractivity contribution in [2.24, 2.45) is 0 Å². The number of rotatable bonds is 17. The molecule has 0 aliphatic rings. The Balaban J connectivity index is 1.90. The minimum Gasteiger partial charge on any atom is -0.466 e. The Labute approximate surface area is 175 Å². The van der Waals surface area contributed by atoms with E-state index in [1.165, 1.54) is 76.0 Å². The Morgan fingerprint density at radius 2 is 1.31 bits per heavy atom. The number of hydrogen-bond acceptors (Lipinski definition) is 4. The van der Waals surface area contributed by atoms with Crippen molar-refractivity contribution >= 4 is 11.9 Å². The van der Waals surface area contributed by atoms with Crippen LogP contribution in [0.2, 0.25) is 0 Å². The first-order valence-electron chi connectivity index (χ1n) is 11.2. The summed E-state index contributed by atoms with van der Waals surface area (Å²) in [5, 5.41) is 0. The molecule has 4 nitrogen and oxygen atoms in total. The minimum absolute atomic E-state index is 0.0574. The van der Waals surface area contributed by atoms with Crippen molar-refractivity contribution in [2.75, 3.05) is 6.61 Å². The van der Waals surface area contributed by atoms with Crippen molar-refractivity contribution in [3.8, 4) is 5.75 Å². The quantitative estimate of drug-likeness (QED) is 0.162. The maximum Gasteiger partial charge on any atom is 0.311 e. The first kappa shape index (κ1) is 25.1. The molecular weight excluding hydrogens is 371 g/mol. The molecule has 0 unspecified atom stereocenters. The highest BCUT2D eigenvalue weighted by Gasteiger charge is 2.10. The first-order valence-corrected chi connectivity index (χ1v) is 11.2. The lowest BCUT2D eigenvalue weighted by Crippen LogP contribution is -2.11. The van der Waals surface area contributed by atoms with E-state index in [-0.39, 0.29) is 24.6 Å². The monoisotopic (exact) mass is 408 g/mol. The van der Waals surface area contributed by atoms with Gasteiger partial charge in [0.05, 0.1) is 6.61 Å². The molecule has 0 radical (unpaired) electrons. The zero-order valence-electron chi connectivity index (χ0n) is 17.9. The van der Waals surface area contributed by atoms with Crippen molar-refractivity contribution < 1.29 is 23.5 Å². The van der Waals surface area contributed by atoms with Crippen LogP contribution in [-0.4, -0.2) is 18.5 Å². The molecule has 0 heterocycles. The van der Waals surface area contributed by atoms with E-state index in [0.717, 1.165) is 12.8 Å². The number of halogens is 1. The van der Waals surface area contributed by atoms with Crippen LogP contribution in [0.25, 0.3) is 0 Å². The van der Waals surface area contributed by atoms with Crippen molar-refractivity contribution in [1.29, 1.82) is 0 Å². The fraction of sp³-hybridized carbons (Fsp3) is 0.667. The highest BCUT2D eigenvalue weighted by atomic mass is 19.1. The van der Waals surface area contributed by atoms with Gasteiger partial charge in [-0.15, -0.1) is 0 Å². The van der Waals surface area contributed by atoms with Crippen molar-refractivity contribution in [3.63, 3.8) is 0 Å². The molecule has 0 spiro atoms. The average Bonchev–Trinajstić information content (AvgIpc) is 2.70. The van der Waals surface area contributed by atoms with E-state index in [0.29, 0.717) is 13.0 Å². The number of carbonyl (C=O) groups is 2. The first-order chi connectivity index (χ1) is 14.1. The van der Waals surface area contributed by atoms with Gasteiger partial charge in [-0.05, 0) is 25.0 Å². The molecule has 1 aromatic rings. The van der Waals surface area contributed by atoms with Gasteiger partial charge in [0.15, 0.2) is 11.6 Å². The summed E-state index contributed by atoms with van der Waals surface area (Å²) in [4.78, 5) is 23.4. The highest BCUT2D eigenvalue weighted by Crippen LogP contribution is 2.16. The van der Waals surface area contributed by atoms with Gasteiger partial charge in [-0.2, -0.15) is 0 Å². The highest BCUT2D eigenvalue weighted by molar-refractivity contribution is 5.74. The number of esters is 2. The molecule has 0 N–H and O–H groups in total. The zero-order valence-corrected chi connectivity index (χ0v) is 17.9. The lowest BCUT2D eigenvalue weighted by atomic mass is 10.1. The Morgan fingerprint density at radius 1 is 0.759 bits per heavy atom. The Hall–Kier alpha value is -1.91. The van der Waals surface area contributed by atoms with Gasteiger partial charge >= 0.3 is 11.9 Å². The maximum absolute atomic E-state index is 13.4. The molecule has 0 aromatic heterocycles. The average molecular weight is 409 g/mol. The van der Waals surface area contributed by atoms with E-state index in [2.05, 4.69) is 6.92 Å². The molecular formula is C24H37FO4. The lowest BCUT2D eigenvalue weighted by molar-refractivity contribution is -0.144. The largest absolute Gasteiger partial charge is 0.466 e. The van der Waals surface area contributed by atoms with Gasteiger partial charge in [-0.1, -0.05) is 83.3 Å². The Morgan fingerprint density at radius 3 is 1.93 bits per heavy atom. The Kier molecular flexibility index (Phi) is 14.7. The molecule has 0 fully saturated rings. The van der Waals surface area contributed by atoms with E-state index < -0.39 is 11.8 Å². The number of unbranched alkanes of at least 4 members (excludes halogenated alkanes) is 10. The summed E-state index contributed by atoms with van der Waals surface area (Å²) in [6, 6.07) is 5.75. The zero-order chi connectivity index (χ0) is 21.2. The van der Waals surface area contributed by atoms with E-state index in [1.54, 1.807) is 6.07 Å². The maximum atomic E-state index is 13.4. The van der Waals surface area contributed by atoms with Gasteiger partial charge in [-0.3, -0.25) is 9.59 Å². The molecule has 0 amide bonds. The molecule has 0 saturated carbocycles. The molecule has 1 rings (SSSR count). The van der Waals surface area contributed by atoms with Crippen LogP contribution in [0.4, 0.5) is 4.39 Å². The van der Waals surface area contributed by atoms with Crippen molar-refractivity contribution in [2.45, 2.75) is 96.8 Å². The number of para-hydroxylation sites is 1. The van der Waals surface area contributed by atoms with Crippen LogP contribution in [0.5, 0.6) is 5.75 Å². The normalized spacial score (nSPS) is 10.7. The number of hydrogen-bond donors (Lipinski definition) is 0. The lowest BCUT2D eigenvalue weighted by Gasteiger charge is -2.06. The summed E-state index contributed by atoms with van der Waals surface area (Å²) < 4.78 is 23.5. The standard InChI is InChI=1S/C24H37FO4/c1-2-3-4-5-6-7-8-9-10-11-14-20-28-23(26)18-15-19-24(27)29-22-17-13-12-16-21(22)25/h12-13,16-17H,2-11,14-15,18-20H2,1H3. The fourth-order valence-electron chi connectivity index (χ4n) is 3.10. The molecule has 5 heteroatoms. The molecule has 164 valence electrons. The van der Waals surface area contributed by atoms with Crippen LogP contribution >= 0.6 is 0 Å². The predicted molar refractivity (Wildman–Crippen MR) is 113 cm³/mol. The summed E-state index contributed by atoms with van der Waals surface area (Å²) in [5.41, 5.74) is 0. The molecule has 0 bridgehead atoms. The number of benzene rings is 1. The summed E-state index contributed by atoms with van der Waals surface area (Å²) >= 11 is 0. The third-order valence-electron chi connectivity index (χ3n) is 4.83. The smallest absolute Gasteiger partial charge is 0.311 e. The summed E-state index contributed by atoms with van der Waals surface area (Å²) in [6.07, 6.45) is 14.4. The van der Waals surface area contributed by atoms with Crippen molar-refractivity contribution in [3.05, 3.63) is 30.1 Å². The second kappa shape index (κ2) is 17.0. The topological polar surface area (TPSA) is 52.6 Å². The van der Waals surface area contributed by atoms with E-state index >= 15 is 0 Å². The molecule has 0 aliphatic carbocycles. The van der Waals surface area contributed by atoms with Crippen LogP contribution in [0.1, 0.15) is 96.8 Å². The fourth-order valence-corrected chi connectivity index (χ4v) is 3.10. The van der Waals surface area contributed by atoms with Gasteiger partial charge in [0.2, 0.25) is 0 Å². The van der Waals surface area contributed by atoms with E-state index in [9.17, 15) is 14.0 Å². The summed E-state index contributed by atoms with van der Waals surface area (Å²) in [5.74, 6) is -1.51. The number of carbonyl (C=O) groups excluding carboxylic acids is 2. The van der Waals surface area contributed by atoms with Gasteiger partial charge in [0, 0.05) is 12.8 Å². The summed E-state index contributed by atoms with van der Waals surface area (Å²) in [6.45, 7) is 2.68. The van der Waals surface area contributed by atoms with E-state index in [4.69, 9.17) is 9.47 Å². The second-order valence-corrected chi connectivity index (χ2v) is 7.51. The van der Waals surface area contributed by atoms with Gasteiger partial charge in [0.1, 0.15) is 0 Å². The van der Waals surface area contributed by atoms with Gasteiger partial charge in [-0.25, -0.2) is 4.39 Å². The van der Waals surface area contributed by atoms with Crippen LogP contribution in [0.3, 0.4) is 0 Å². The van der Waals surface area contributed by atoms with Crippen LogP contribution in [0.15, 0.2) is 24.3 Å². The van der Waals surface area contributed by atoms with Gasteiger partial charge < -0.3 is 9.47 Å². The van der Waals surface area contributed by atoms with Crippen LogP contribution < -0.4 is 4.74 Å². The molecule has 29 heavy (non-hydrogen) atoms. The van der Waals surface area contributed by atoms with E-state index in [1.807, 2.05) is 0 Å². The predicted octanol–water partition coefficient (Wildman–Crippen LogP) is 6.76. The molecule has 0 atom stereocenters. The minimum atomic E-state index is -0.577. The number of ether oxygens (including phenoxy) is 2. The third kappa shape index (κ3) is 13.8. The van der Waals surface area contributed by atoms with Crippen LogP contribution in [-0.2, 0) is 14.3 Å². The van der Waals surface area contributed by atoms with Crippen LogP contribution in [0, 0.1) is 5.82 Å². The molecule has 1 aromatic carbocycles. The summed E-state index contributed by atoms with van der Waals surface area (Å²) in [7, 11) is 0. The van der Waals surface area contributed by atoms with Crippen molar-refractivity contribution in [1.82, 2.24) is 0 Å². The molecule has 0 saturated heterocycles. The van der Waals surface area contributed by atoms with Gasteiger partial charge in [0.25, 0.3) is 0 Å². The third-order valence-corrected chi connectivity index (χ3v) is 4.83. The second-order valence-electron chi connectivity index (χ2n) is 7.51. The molecule has 0 aliphatic heterocycles. The SMILES string of the molecule is CCCCCCCCCCCCCOC(=O)CCCC(=O)Oc1ccccc1F.